The Hall–Kier alpha value is -3.61. The van der Waals surface area contributed by atoms with Crippen LogP contribution in [-0.4, -0.2) is 53.9 Å². The SMILES string of the molecule is COc1ccc(C(=O)N2CCCN(c3ccc(=O)n(-c4ccccc4)n3)CC2)cc1. The summed E-state index contributed by atoms with van der Waals surface area (Å²) in [6.07, 6.45) is 0.827. The Kier molecular flexibility index (Phi) is 5.79. The van der Waals surface area contributed by atoms with Crippen molar-refractivity contribution >= 4 is 11.7 Å². The van der Waals surface area contributed by atoms with Gasteiger partial charge in [0, 0.05) is 37.8 Å². The number of benzene rings is 2. The van der Waals surface area contributed by atoms with Crippen LogP contribution in [0.2, 0.25) is 0 Å². The first kappa shape index (κ1) is 19.7. The number of carbonyl (C=O) groups excluding carboxylic acids is 1. The van der Waals surface area contributed by atoms with Gasteiger partial charge in [-0.2, -0.15) is 4.68 Å². The van der Waals surface area contributed by atoms with Crippen LogP contribution >= 0.6 is 0 Å². The predicted octanol–water partition coefficient (Wildman–Crippen LogP) is 2.59. The molecular weight excluding hydrogens is 380 g/mol. The summed E-state index contributed by atoms with van der Waals surface area (Å²) in [5, 5.41) is 4.57. The molecule has 1 aromatic heterocycles. The van der Waals surface area contributed by atoms with Gasteiger partial charge in [-0.15, -0.1) is 5.10 Å². The number of nitrogens with zero attached hydrogens (tertiary/aromatic N) is 4. The highest BCUT2D eigenvalue weighted by molar-refractivity contribution is 5.94. The molecule has 30 heavy (non-hydrogen) atoms. The van der Waals surface area contributed by atoms with E-state index in [1.807, 2.05) is 35.2 Å². The lowest BCUT2D eigenvalue weighted by Gasteiger charge is -2.23. The maximum Gasteiger partial charge on any atom is 0.271 e. The Morgan fingerprint density at radius 2 is 1.67 bits per heavy atom. The van der Waals surface area contributed by atoms with Crippen LogP contribution < -0.4 is 15.2 Å². The van der Waals surface area contributed by atoms with Gasteiger partial charge < -0.3 is 14.5 Å². The van der Waals surface area contributed by atoms with E-state index in [1.54, 1.807) is 43.5 Å². The summed E-state index contributed by atoms with van der Waals surface area (Å²) in [5.41, 5.74) is 1.21. The van der Waals surface area contributed by atoms with Crippen LogP contribution in [0.25, 0.3) is 5.69 Å². The summed E-state index contributed by atoms with van der Waals surface area (Å²) in [6, 6.07) is 19.9. The monoisotopic (exact) mass is 404 g/mol. The van der Waals surface area contributed by atoms with Crippen LogP contribution in [0.5, 0.6) is 5.75 Å². The molecule has 0 N–H and O–H groups in total. The molecule has 1 aliphatic heterocycles. The average Bonchev–Trinajstić information content (AvgIpc) is 3.06. The number of methoxy groups -OCH3 is 1. The zero-order valence-corrected chi connectivity index (χ0v) is 16.9. The zero-order valence-electron chi connectivity index (χ0n) is 16.9. The Balaban J connectivity index is 1.49. The second-order valence-electron chi connectivity index (χ2n) is 7.14. The molecule has 1 fully saturated rings. The Bertz CT molecular complexity index is 1060. The summed E-state index contributed by atoms with van der Waals surface area (Å²) in [5.74, 6) is 1.48. The zero-order chi connectivity index (χ0) is 20.9. The van der Waals surface area contributed by atoms with Gasteiger partial charge in [-0.3, -0.25) is 9.59 Å². The summed E-state index contributed by atoms with van der Waals surface area (Å²) in [4.78, 5) is 29.2. The molecule has 0 spiro atoms. The summed E-state index contributed by atoms with van der Waals surface area (Å²) < 4.78 is 6.58. The molecular formula is C23H24N4O3. The van der Waals surface area contributed by atoms with Gasteiger partial charge in [0.15, 0.2) is 0 Å². The largest absolute Gasteiger partial charge is 0.497 e. The van der Waals surface area contributed by atoms with Crippen molar-refractivity contribution < 1.29 is 9.53 Å². The molecule has 0 unspecified atom stereocenters. The van der Waals surface area contributed by atoms with E-state index in [-0.39, 0.29) is 11.5 Å². The van der Waals surface area contributed by atoms with Gasteiger partial charge in [0.1, 0.15) is 11.6 Å². The van der Waals surface area contributed by atoms with Gasteiger partial charge in [-0.25, -0.2) is 0 Å². The topological polar surface area (TPSA) is 67.7 Å². The van der Waals surface area contributed by atoms with Gasteiger partial charge in [0.05, 0.1) is 12.8 Å². The van der Waals surface area contributed by atoms with Crippen LogP contribution in [0.15, 0.2) is 71.5 Å². The van der Waals surface area contributed by atoms with Crippen molar-refractivity contribution in [1.29, 1.82) is 0 Å². The molecule has 1 aliphatic rings. The molecule has 3 aromatic rings. The van der Waals surface area contributed by atoms with E-state index < -0.39 is 0 Å². The van der Waals surface area contributed by atoms with Crippen LogP contribution in [0.3, 0.4) is 0 Å². The number of carbonyl (C=O) groups is 1. The number of hydrogen-bond donors (Lipinski definition) is 0. The van der Waals surface area contributed by atoms with Crippen LogP contribution in [0.4, 0.5) is 5.82 Å². The molecule has 1 amide bonds. The minimum absolute atomic E-state index is 0.0155. The minimum atomic E-state index is -0.170. The third-order valence-corrected chi connectivity index (χ3v) is 5.23. The molecule has 0 saturated carbocycles. The van der Waals surface area contributed by atoms with Gasteiger partial charge in [0.2, 0.25) is 0 Å². The van der Waals surface area contributed by atoms with Crippen molar-refractivity contribution in [2.75, 3.05) is 38.2 Å². The Morgan fingerprint density at radius 3 is 2.40 bits per heavy atom. The maximum absolute atomic E-state index is 12.9. The van der Waals surface area contributed by atoms with Crippen molar-refractivity contribution in [3.8, 4) is 11.4 Å². The second-order valence-corrected chi connectivity index (χ2v) is 7.14. The molecule has 154 valence electrons. The lowest BCUT2D eigenvalue weighted by atomic mass is 10.2. The highest BCUT2D eigenvalue weighted by atomic mass is 16.5. The molecule has 0 bridgehead atoms. The van der Waals surface area contributed by atoms with Gasteiger partial charge >= 0.3 is 0 Å². The van der Waals surface area contributed by atoms with Crippen molar-refractivity contribution in [3.05, 3.63) is 82.6 Å². The first-order valence-electron chi connectivity index (χ1n) is 10.00. The Labute approximate surface area is 175 Å². The first-order chi connectivity index (χ1) is 14.7. The van der Waals surface area contributed by atoms with E-state index >= 15 is 0 Å². The normalized spacial score (nSPS) is 14.3. The number of rotatable bonds is 4. The molecule has 7 nitrogen and oxygen atoms in total. The molecule has 0 radical (unpaired) electrons. The van der Waals surface area contributed by atoms with E-state index in [4.69, 9.17) is 4.74 Å². The van der Waals surface area contributed by atoms with E-state index in [2.05, 4.69) is 10.00 Å². The molecule has 4 rings (SSSR count). The number of amides is 1. The van der Waals surface area contributed by atoms with Crippen LogP contribution in [0.1, 0.15) is 16.8 Å². The number of hydrogen-bond acceptors (Lipinski definition) is 5. The number of para-hydroxylation sites is 1. The highest BCUT2D eigenvalue weighted by Gasteiger charge is 2.21. The van der Waals surface area contributed by atoms with Crippen molar-refractivity contribution in [2.45, 2.75) is 6.42 Å². The van der Waals surface area contributed by atoms with Gasteiger partial charge in [0.25, 0.3) is 11.5 Å². The molecule has 0 atom stereocenters. The second kappa shape index (κ2) is 8.82. The fraction of sp³-hybridized carbons (Fsp3) is 0.261. The fourth-order valence-electron chi connectivity index (χ4n) is 3.59. The molecule has 0 aliphatic carbocycles. The number of ether oxygens (including phenoxy) is 1. The molecule has 1 saturated heterocycles. The van der Waals surface area contributed by atoms with Gasteiger partial charge in [-0.05, 0) is 48.9 Å². The number of aromatic nitrogens is 2. The van der Waals surface area contributed by atoms with Gasteiger partial charge in [-0.1, -0.05) is 18.2 Å². The lowest BCUT2D eigenvalue weighted by Crippen LogP contribution is -2.36. The third-order valence-electron chi connectivity index (χ3n) is 5.23. The quantitative estimate of drug-likeness (QED) is 0.669. The number of anilines is 1. The van der Waals surface area contributed by atoms with Crippen LogP contribution in [0, 0.1) is 0 Å². The highest BCUT2D eigenvalue weighted by Crippen LogP contribution is 2.17. The average molecular weight is 404 g/mol. The summed E-state index contributed by atoms with van der Waals surface area (Å²) in [7, 11) is 1.61. The Morgan fingerprint density at radius 1 is 0.900 bits per heavy atom. The minimum Gasteiger partial charge on any atom is -0.497 e. The smallest absolute Gasteiger partial charge is 0.271 e. The van der Waals surface area contributed by atoms with E-state index in [0.29, 0.717) is 25.2 Å². The molecule has 2 aromatic carbocycles. The summed E-state index contributed by atoms with van der Waals surface area (Å²) in [6.45, 7) is 2.70. The summed E-state index contributed by atoms with van der Waals surface area (Å²) >= 11 is 0. The maximum atomic E-state index is 12.9. The molecule has 7 heteroatoms. The van der Waals surface area contributed by atoms with Crippen molar-refractivity contribution in [1.82, 2.24) is 14.7 Å². The van der Waals surface area contributed by atoms with Crippen molar-refractivity contribution in [3.63, 3.8) is 0 Å². The standard InChI is InChI=1S/C23H24N4O3/c1-30-20-10-8-18(9-11-20)23(29)26-15-5-14-25(16-17-26)21-12-13-22(28)27(24-21)19-6-3-2-4-7-19/h2-4,6-13H,5,14-17H2,1H3. The molecule has 2 heterocycles. The van der Waals surface area contributed by atoms with E-state index in [9.17, 15) is 9.59 Å². The van der Waals surface area contributed by atoms with Crippen LogP contribution in [-0.2, 0) is 0 Å². The van der Waals surface area contributed by atoms with Crippen molar-refractivity contribution in [2.24, 2.45) is 0 Å². The van der Waals surface area contributed by atoms with E-state index in [1.165, 1.54) is 4.68 Å². The van der Waals surface area contributed by atoms with E-state index in [0.717, 1.165) is 30.2 Å². The predicted molar refractivity (Wildman–Crippen MR) is 116 cm³/mol. The third kappa shape index (κ3) is 4.20. The lowest BCUT2D eigenvalue weighted by molar-refractivity contribution is 0.0767. The fourth-order valence-corrected chi connectivity index (χ4v) is 3.59. The first-order valence-corrected chi connectivity index (χ1v) is 10.00.